The van der Waals surface area contributed by atoms with E-state index in [9.17, 15) is 5.11 Å². The average Bonchev–Trinajstić information content (AvgIpc) is 2.85. The van der Waals surface area contributed by atoms with Crippen molar-refractivity contribution >= 4 is 5.69 Å². The van der Waals surface area contributed by atoms with Crippen molar-refractivity contribution in [3.8, 4) is 0 Å². The lowest BCUT2D eigenvalue weighted by Gasteiger charge is -2.30. The molecule has 0 bridgehead atoms. The number of β-amino-alcohol motifs (C(OH)–C–C–N with tert-alkyl or cyclic N) is 1. The molecule has 1 aliphatic heterocycles. The van der Waals surface area contributed by atoms with Crippen molar-refractivity contribution in [1.82, 2.24) is 0 Å². The fourth-order valence-electron chi connectivity index (χ4n) is 3.22. The van der Waals surface area contributed by atoms with Crippen LogP contribution >= 0.6 is 0 Å². The van der Waals surface area contributed by atoms with Crippen molar-refractivity contribution in [2.45, 2.75) is 37.3 Å². The molecule has 0 saturated heterocycles. The Morgan fingerprint density at radius 2 is 2.24 bits per heavy atom. The highest BCUT2D eigenvalue weighted by Crippen LogP contribution is 2.34. The number of anilines is 1. The molecule has 2 atom stereocenters. The van der Waals surface area contributed by atoms with Crippen molar-refractivity contribution in [2.24, 2.45) is 5.73 Å². The highest BCUT2D eigenvalue weighted by atomic mass is 16.3. The fourth-order valence-corrected chi connectivity index (χ4v) is 3.22. The molecule has 2 unspecified atom stereocenters. The van der Waals surface area contributed by atoms with E-state index in [1.807, 2.05) is 0 Å². The van der Waals surface area contributed by atoms with Crippen LogP contribution in [0.3, 0.4) is 0 Å². The van der Waals surface area contributed by atoms with Gasteiger partial charge in [-0.25, -0.2) is 0 Å². The van der Waals surface area contributed by atoms with Gasteiger partial charge in [0.1, 0.15) is 0 Å². The minimum Gasteiger partial charge on any atom is -0.388 e. The van der Waals surface area contributed by atoms with Crippen molar-refractivity contribution in [1.29, 1.82) is 0 Å². The Hall–Kier alpha value is -1.06. The maximum Gasteiger partial charge on any atom is 0.0837 e. The third-order valence-electron chi connectivity index (χ3n) is 4.09. The molecule has 3 nitrogen and oxygen atoms in total. The van der Waals surface area contributed by atoms with Crippen molar-refractivity contribution in [2.75, 3.05) is 18.0 Å². The summed E-state index contributed by atoms with van der Waals surface area (Å²) in [6.07, 6.45) is 3.63. The molecule has 0 spiro atoms. The van der Waals surface area contributed by atoms with Crippen molar-refractivity contribution in [3.05, 3.63) is 29.8 Å². The Morgan fingerprint density at radius 1 is 1.41 bits per heavy atom. The lowest BCUT2D eigenvalue weighted by atomic mass is 10.0. The second kappa shape index (κ2) is 4.00. The number of hydrogen-bond acceptors (Lipinski definition) is 3. The van der Waals surface area contributed by atoms with Gasteiger partial charge in [-0.3, -0.25) is 0 Å². The van der Waals surface area contributed by atoms with E-state index in [2.05, 4.69) is 29.2 Å². The maximum atomic E-state index is 10.5. The summed E-state index contributed by atoms with van der Waals surface area (Å²) >= 11 is 0. The molecular weight excluding hydrogens is 212 g/mol. The molecule has 1 aromatic rings. The normalized spacial score (nSPS) is 31.9. The van der Waals surface area contributed by atoms with E-state index in [1.165, 1.54) is 11.3 Å². The first-order valence-electron chi connectivity index (χ1n) is 6.47. The summed E-state index contributed by atoms with van der Waals surface area (Å²) in [5.41, 5.74) is 8.02. The lowest BCUT2D eigenvalue weighted by Crippen LogP contribution is -2.41. The third-order valence-corrected chi connectivity index (χ3v) is 4.09. The van der Waals surface area contributed by atoms with Crippen molar-refractivity contribution < 1.29 is 5.11 Å². The van der Waals surface area contributed by atoms with Crippen LogP contribution in [0, 0.1) is 0 Å². The standard InChI is InChI=1S/C14H20N2O/c15-12-5-7-14(17,9-12)10-16-8-6-11-3-1-2-4-13(11)16/h1-4,12,17H,5-10,15H2. The highest BCUT2D eigenvalue weighted by Gasteiger charge is 2.38. The molecule has 0 amide bonds. The zero-order chi connectivity index (χ0) is 11.9. The SMILES string of the molecule is NC1CCC(O)(CN2CCc3ccccc32)C1. The summed E-state index contributed by atoms with van der Waals surface area (Å²) in [6.45, 7) is 1.76. The minimum absolute atomic E-state index is 0.179. The molecule has 0 aromatic heterocycles. The summed E-state index contributed by atoms with van der Waals surface area (Å²) < 4.78 is 0. The van der Waals surface area contributed by atoms with Gasteiger partial charge in [0.25, 0.3) is 0 Å². The third kappa shape index (κ3) is 2.05. The van der Waals surface area contributed by atoms with Crippen LogP contribution in [0.1, 0.15) is 24.8 Å². The number of fused-ring (bicyclic) bond motifs is 1. The van der Waals surface area contributed by atoms with Gasteiger partial charge < -0.3 is 15.7 Å². The Balaban J connectivity index is 1.75. The zero-order valence-electron chi connectivity index (χ0n) is 10.1. The molecule has 92 valence electrons. The summed E-state index contributed by atoms with van der Waals surface area (Å²) in [5, 5.41) is 10.5. The fraction of sp³-hybridized carbons (Fsp3) is 0.571. The van der Waals surface area contributed by atoms with Crippen LogP contribution in [0.5, 0.6) is 0 Å². The Kier molecular flexibility index (Phi) is 2.60. The van der Waals surface area contributed by atoms with Gasteiger partial charge in [-0.2, -0.15) is 0 Å². The molecule has 1 saturated carbocycles. The molecule has 3 rings (SSSR count). The van der Waals surface area contributed by atoms with E-state index in [0.717, 1.165) is 38.8 Å². The van der Waals surface area contributed by atoms with Gasteiger partial charge in [-0.15, -0.1) is 0 Å². The molecule has 0 radical (unpaired) electrons. The monoisotopic (exact) mass is 232 g/mol. The van der Waals surface area contributed by atoms with Crippen molar-refractivity contribution in [3.63, 3.8) is 0 Å². The van der Waals surface area contributed by atoms with Crippen LogP contribution in [-0.2, 0) is 6.42 Å². The summed E-state index contributed by atoms with van der Waals surface area (Å²) in [4.78, 5) is 2.31. The van der Waals surface area contributed by atoms with Crippen LogP contribution in [0.15, 0.2) is 24.3 Å². The number of hydrogen-bond donors (Lipinski definition) is 2. The van der Waals surface area contributed by atoms with Gasteiger partial charge in [-0.1, -0.05) is 18.2 Å². The van der Waals surface area contributed by atoms with E-state index in [4.69, 9.17) is 5.73 Å². The number of para-hydroxylation sites is 1. The first-order valence-corrected chi connectivity index (χ1v) is 6.47. The Bertz CT molecular complexity index is 420. The average molecular weight is 232 g/mol. The van der Waals surface area contributed by atoms with Crippen LogP contribution in [0.25, 0.3) is 0 Å². The van der Waals surface area contributed by atoms with Gasteiger partial charge in [-0.05, 0) is 37.3 Å². The molecule has 3 N–H and O–H groups in total. The van der Waals surface area contributed by atoms with E-state index >= 15 is 0 Å². The molecular formula is C14H20N2O. The number of nitrogens with zero attached hydrogens (tertiary/aromatic N) is 1. The second-order valence-electron chi connectivity index (χ2n) is 5.53. The Morgan fingerprint density at radius 3 is 3.00 bits per heavy atom. The minimum atomic E-state index is -0.573. The largest absolute Gasteiger partial charge is 0.388 e. The van der Waals surface area contributed by atoms with Crippen LogP contribution in [0.2, 0.25) is 0 Å². The van der Waals surface area contributed by atoms with E-state index in [1.54, 1.807) is 0 Å². The summed E-state index contributed by atoms with van der Waals surface area (Å²) in [7, 11) is 0. The quantitative estimate of drug-likeness (QED) is 0.808. The summed E-state index contributed by atoms with van der Waals surface area (Å²) in [5.74, 6) is 0. The number of benzene rings is 1. The molecule has 1 heterocycles. The predicted molar refractivity (Wildman–Crippen MR) is 69.1 cm³/mol. The number of aliphatic hydroxyl groups is 1. The first-order chi connectivity index (χ1) is 8.16. The molecule has 1 aromatic carbocycles. The molecule has 2 aliphatic rings. The zero-order valence-corrected chi connectivity index (χ0v) is 10.1. The van der Waals surface area contributed by atoms with Crippen LogP contribution in [0.4, 0.5) is 5.69 Å². The second-order valence-corrected chi connectivity index (χ2v) is 5.53. The van der Waals surface area contributed by atoms with Gasteiger partial charge in [0.2, 0.25) is 0 Å². The molecule has 3 heteroatoms. The number of rotatable bonds is 2. The van der Waals surface area contributed by atoms with Gasteiger partial charge >= 0.3 is 0 Å². The van der Waals surface area contributed by atoms with Crippen LogP contribution in [-0.4, -0.2) is 29.8 Å². The predicted octanol–water partition coefficient (Wildman–Crippen LogP) is 1.29. The van der Waals surface area contributed by atoms with Gasteiger partial charge in [0.05, 0.1) is 5.60 Å². The molecule has 1 fully saturated rings. The topological polar surface area (TPSA) is 49.5 Å². The lowest BCUT2D eigenvalue weighted by molar-refractivity contribution is 0.0539. The van der Waals surface area contributed by atoms with E-state index < -0.39 is 5.60 Å². The molecule has 1 aliphatic carbocycles. The van der Waals surface area contributed by atoms with E-state index in [-0.39, 0.29) is 6.04 Å². The maximum absolute atomic E-state index is 10.5. The summed E-state index contributed by atoms with van der Waals surface area (Å²) in [6, 6.07) is 8.67. The smallest absolute Gasteiger partial charge is 0.0837 e. The highest BCUT2D eigenvalue weighted by molar-refractivity contribution is 5.58. The van der Waals surface area contributed by atoms with Gasteiger partial charge in [0, 0.05) is 24.8 Å². The van der Waals surface area contributed by atoms with Gasteiger partial charge in [0.15, 0.2) is 0 Å². The van der Waals surface area contributed by atoms with Crippen LogP contribution < -0.4 is 10.6 Å². The molecule has 17 heavy (non-hydrogen) atoms. The Labute approximate surface area is 102 Å². The van der Waals surface area contributed by atoms with E-state index in [0.29, 0.717) is 0 Å². The number of nitrogens with two attached hydrogens (primary N) is 1. The first kappa shape index (κ1) is 11.1.